The summed E-state index contributed by atoms with van der Waals surface area (Å²) in [6.45, 7) is 1.80. The Kier molecular flexibility index (Phi) is 6.85. The predicted molar refractivity (Wildman–Crippen MR) is 158 cm³/mol. The van der Waals surface area contributed by atoms with E-state index in [0.717, 1.165) is 33.2 Å². The number of benzene rings is 3. The zero-order valence-corrected chi connectivity index (χ0v) is 22.0. The number of hydrogen-bond acceptors (Lipinski definition) is 5. The van der Waals surface area contributed by atoms with Gasteiger partial charge < -0.3 is 10.6 Å². The molecule has 7 nitrogen and oxygen atoms in total. The fourth-order valence-electron chi connectivity index (χ4n) is 4.78. The van der Waals surface area contributed by atoms with Gasteiger partial charge in [0.1, 0.15) is 12.1 Å². The zero-order valence-electron chi connectivity index (χ0n) is 22.0. The number of nitrogens with one attached hydrogen (secondary N) is 2. The molecule has 2 aromatic heterocycles. The fraction of sp³-hybridized carbons (Fsp3) is 0.121. The second-order valence-corrected chi connectivity index (χ2v) is 9.83. The highest BCUT2D eigenvalue weighted by atomic mass is 16.2. The molecule has 5 aromatic rings. The van der Waals surface area contributed by atoms with Gasteiger partial charge in [0.15, 0.2) is 0 Å². The van der Waals surface area contributed by atoms with E-state index in [0.29, 0.717) is 23.0 Å². The highest BCUT2D eigenvalue weighted by Crippen LogP contribution is 2.40. The van der Waals surface area contributed by atoms with E-state index >= 15 is 0 Å². The lowest BCUT2D eigenvalue weighted by molar-refractivity contribution is -0.111. The summed E-state index contributed by atoms with van der Waals surface area (Å²) in [5.41, 5.74) is 7.04. The number of hydrogen-bond donors (Lipinski definition) is 2. The van der Waals surface area contributed by atoms with Gasteiger partial charge >= 0.3 is 0 Å². The molecule has 0 bridgehead atoms. The van der Waals surface area contributed by atoms with Crippen molar-refractivity contribution in [1.82, 2.24) is 15.0 Å². The Morgan fingerprint density at radius 3 is 2.52 bits per heavy atom. The topological polar surface area (TPSA) is 96.9 Å². The summed E-state index contributed by atoms with van der Waals surface area (Å²) in [4.78, 5) is 38.1. The summed E-state index contributed by atoms with van der Waals surface area (Å²) < 4.78 is 0. The number of aromatic nitrogens is 3. The van der Waals surface area contributed by atoms with E-state index in [1.54, 1.807) is 25.4 Å². The Bertz CT molecular complexity index is 1760. The maximum Gasteiger partial charge on any atom is 0.256 e. The molecule has 40 heavy (non-hydrogen) atoms. The Hall–Kier alpha value is -5.17. The van der Waals surface area contributed by atoms with Crippen LogP contribution < -0.4 is 10.6 Å². The lowest BCUT2D eigenvalue weighted by Gasteiger charge is -2.12. The van der Waals surface area contributed by atoms with Gasteiger partial charge in [-0.2, -0.15) is 0 Å². The van der Waals surface area contributed by atoms with Gasteiger partial charge in [-0.25, -0.2) is 15.0 Å². The van der Waals surface area contributed by atoms with Gasteiger partial charge in [0.2, 0.25) is 5.91 Å². The summed E-state index contributed by atoms with van der Waals surface area (Å²) in [6, 6.07) is 23.3. The molecule has 0 saturated heterocycles. The van der Waals surface area contributed by atoms with Crippen molar-refractivity contribution >= 4 is 34.2 Å². The van der Waals surface area contributed by atoms with Gasteiger partial charge in [-0.1, -0.05) is 30.3 Å². The Morgan fingerprint density at radius 1 is 0.875 bits per heavy atom. The standard InChI is InChI=1S/C33H27N5O2/c1-2-4-31(39)37-28-6-3-5-25(16-28)29-17-26(15-27-19-34-20-36-32(27)29)22-9-11-23(12-10-22)33(40)38-30-18-24(13-14-35-30)21-7-8-21/h2-6,9-21H,7-8H2,1H3,(H,37,39)(H,35,38,40)/b4-2+. The SMILES string of the molecule is C/C=C/C(=O)Nc1cccc(-c2cc(-c3ccc(C(=O)Nc4cc(C5CC5)ccn4)cc3)cc3cncnc23)c1. The minimum Gasteiger partial charge on any atom is -0.323 e. The fourth-order valence-corrected chi connectivity index (χ4v) is 4.78. The Labute approximate surface area is 232 Å². The van der Waals surface area contributed by atoms with E-state index in [9.17, 15) is 9.59 Å². The van der Waals surface area contributed by atoms with Crippen LogP contribution >= 0.6 is 0 Å². The lowest BCUT2D eigenvalue weighted by Crippen LogP contribution is -2.13. The third-order valence-corrected chi connectivity index (χ3v) is 6.92. The van der Waals surface area contributed by atoms with Gasteiger partial charge in [-0.05, 0) is 103 Å². The van der Waals surface area contributed by atoms with Gasteiger partial charge in [0.25, 0.3) is 5.91 Å². The summed E-state index contributed by atoms with van der Waals surface area (Å²) in [7, 11) is 0. The van der Waals surface area contributed by atoms with Crippen LogP contribution in [0.2, 0.25) is 0 Å². The van der Waals surface area contributed by atoms with Crippen molar-refractivity contribution in [3.63, 3.8) is 0 Å². The molecule has 2 amide bonds. The van der Waals surface area contributed by atoms with E-state index in [2.05, 4.69) is 31.7 Å². The molecule has 1 aliphatic carbocycles. The molecule has 6 rings (SSSR count). The maximum absolute atomic E-state index is 12.9. The quantitative estimate of drug-likeness (QED) is 0.223. The average Bonchev–Trinajstić information content (AvgIpc) is 3.83. The first-order chi connectivity index (χ1) is 19.6. The molecule has 0 aliphatic heterocycles. The molecule has 196 valence electrons. The molecule has 7 heteroatoms. The zero-order chi connectivity index (χ0) is 27.5. The van der Waals surface area contributed by atoms with Crippen molar-refractivity contribution in [3.05, 3.63) is 115 Å². The van der Waals surface area contributed by atoms with Crippen LogP contribution in [0.15, 0.2) is 104 Å². The molecule has 3 aromatic carbocycles. The first-order valence-electron chi connectivity index (χ1n) is 13.2. The van der Waals surface area contributed by atoms with Crippen LogP contribution in [0.1, 0.15) is 41.6 Å². The summed E-state index contributed by atoms with van der Waals surface area (Å²) in [5, 5.41) is 6.70. The molecule has 0 atom stereocenters. The molecule has 1 saturated carbocycles. The smallest absolute Gasteiger partial charge is 0.256 e. The number of carbonyl (C=O) groups excluding carboxylic acids is 2. The largest absolute Gasteiger partial charge is 0.323 e. The number of anilines is 2. The van der Waals surface area contributed by atoms with Crippen LogP contribution in [0.3, 0.4) is 0 Å². The maximum atomic E-state index is 12.9. The molecule has 1 aliphatic rings. The van der Waals surface area contributed by atoms with Crippen LogP contribution in [0.4, 0.5) is 11.5 Å². The van der Waals surface area contributed by atoms with Gasteiger partial charge in [0.05, 0.1) is 5.52 Å². The molecule has 2 heterocycles. The highest BCUT2D eigenvalue weighted by Gasteiger charge is 2.24. The van der Waals surface area contributed by atoms with E-state index in [-0.39, 0.29) is 11.8 Å². The lowest BCUT2D eigenvalue weighted by atomic mass is 9.95. The van der Waals surface area contributed by atoms with Gasteiger partial charge in [-0.15, -0.1) is 0 Å². The second kappa shape index (κ2) is 10.9. The Morgan fingerprint density at radius 2 is 1.73 bits per heavy atom. The molecule has 0 spiro atoms. The van der Waals surface area contributed by atoms with Crippen molar-refractivity contribution in [3.8, 4) is 22.3 Å². The minimum atomic E-state index is -0.198. The molecule has 0 radical (unpaired) electrons. The third kappa shape index (κ3) is 5.49. The molecular weight excluding hydrogens is 498 g/mol. The van der Waals surface area contributed by atoms with E-state index in [4.69, 9.17) is 0 Å². The second-order valence-electron chi connectivity index (χ2n) is 9.83. The van der Waals surface area contributed by atoms with Crippen LogP contribution in [-0.4, -0.2) is 26.8 Å². The van der Waals surface area contributed by atoms with E-state index < -0.39 is 0 Å². The van der Waals surface area contributed by atoms with Gasteiger partial charge in [0, 0.05) is 34.6 Å². The summed E-state index contributed by atoms with van der Waals surface area (Å²) in [6.07, 6.45) is 10.6. The number of nitrogens with zero attached hydrogens (tertiary/aromatic N) is 3. The van der Waals surface area contributed by atoms with Crippen molar-refractivity contribution in [2.24, 2.45) is 0 Å². The van der Waals surface area contributed by atoms with Crippen molar-refractivity contribution in [1.29, 1.82) is 0 Å². The number of pyridine rings is 1. The Balaban J connectivity index is 1.29. The summed E-state index contributed by atoms with van der Waals surface area (Å²) in [5.74, 6) is 0.781. The average molecular weight is 526 g/mol. The van der Waals surface area contributed by atoms with Crippen LogP contribution in [0, 0.1) is 0 Å². The van der Waals surface area contributed by atoms with Crippen LogP contribution in [-0.2, 0) is 4.79 Å². The normalized spacial score (nSPS) is 12.9. The first-order valence-corrected chi connectivity index (χ1v) is 13.2. The van der Waals surface area contributed by atoms with Crippen LogP contribution in [0.25, 0.3) is 33.2 Å². The molecular formula is C33H27N5O2. The van der Waals surface area contributed by atoms with E-state index in [1.165, 1.54) is 30.8 Å². The first kappa shape index (κ1) is 25.1. The molecule has 1 fully saturated rings. The number of carbonyl (C=O) groups is 2. The number of fused-ring (bicyclic) bond motifs is 1. The highest BCUT2D eigenvalue weighted by molar-refractivity contribution is 6.04. The van der Waals surface area contributed by atoms with Crippen molar-refractivity contribution < 1.29 is 9.59 Å². The molecule has 2 N–H and O–H groups in total. The molecule has 0 unspecified atom stereocenters. The monoisotopic (exact) mass is 525 g/mol. The summed E-state index contributed by atoms with van der Waals surface area (Å²) >= 11 is 0. The van der Waals surface area contributed by atoms with Gasteiger partial charge in [-0.3, -0.25) is 9.59 Å². The number of allylic oxidation sites excluding steroid dienone is 1. The number of amides is 2. The number of rotatable bonds is 7. The third-order valence-electron chi connectivity index (χ3n) is 6.92. The van der Waals surface area contributed by atoms with Crippen LogP contribution in [0.5, 0.6) is 0 Å². The minimum absolute atomic E-state index is 0.184. The van der Waals surface area contributed by atoms with E-state index in [1.807, 2.05) is 66.7 Å². The predicted octanol–water partition coefficient (Wildman–Crippen LogP) is 7.00. The van der Waals surface area contributed by atoms with Crippen molar-refractivity contribution in [2.75, 3.05) is 10.6 Å². The van der Waals surface area contributed by atoms with Crippen molar-refractivity contribution in [2.45, 2.75) is 25.7 Å².